The van der Waals surface area contributed by atoms with E-state index in [1.54, 1.807) is 5.16 Å². The Hall–Kier alpha value is -0.400. The van der Waals surface area contributed by atoms with Crippen LogP contribution in [0.15, 0.2) is 0 Å². The third kappa shape index (κ3) is 1.60. The fourth-order valence-electron chi connectivity index (χ4n) is 0. The molecule has 0 amide bonds. The fraction of sp³-hybridized carbons (Fsp3) is 0. The van der Waals surface area contributed by atoms with Gasteiger partial charge in [-0.2, -0.15) is 0 Å². The van der Waals surface area contributed by atoms with E-state index in [1.807, 2.05) is 0 Å². The Morgan fingerprint density at radius 3 is 2.00 bits per heavy atom. The summed E-state index contributed by atoms with van der Waals surface area (Å²) in [4.78, 5) is 0. The quantitative estimate of drug-likeness (QED) is 0.307. The minimum absolute atomic E-state index is 0.523. The zero-order chi connectivity index (χ0) is 3.41. The van der Waals surface area contributed by atoms with Gasteiger partial charge in [0.2, 0.25) is 0 Å². The van der Waals surface area contributed by atoms with Crippen LogP contribution >= 0.6 is 0 Å². The molecular weight excluding hydrogens is 72.1 g/mol. The second-order valence-corrected chi connectivity index (χ2v) is 0.612. The highest BCUT2D eigenvalue weighted by Crippen LogP contribution is 1.08. The standard InChI is InChI=1S/CH2N2S/c2-1-4-3/h2-3H. The van der Waals surface area contributed by atoms with Crippen molar-refractivity contribution >= 4 is 16.3 Å². The molecule has 0 fully saturated rings. The molecule has 0 aliphatic rings. The summed E-state index contributed by atoms with van der Waals surface area (Å²) in [5, 5.41) is 7.74. The van der Waals surface area contributed by atoms with E-state index in [0.717, 1.165) is 0 Å². The molecule has 22 valence electrons. The highest BCUT2D eigenvalue weighted by atomic mass is 32.1. The Kier molecular flexibility index (Phi) is 2.34. The van der Waals surface area contributed by atoms with E-state index in [-0.39, 0.29) is 0 Å². The van der Waals surface area contributed by atoms with E-state index < -0.39 is 0 Å². The topological polar surface area (TPSA) is 47.7 Å². The molecule has 4 heavy (non-hydrogen) atoms. The molecule has 0 heterocycles. The third-order valence-corrected chi connectivity index (χ3v) is 0.153. The van der Waals surface area contributed by atoms with Gasteiger partial charge in [0.15, 0.2) is 0 Å². The average Bonchev–Trinajstić information content (AvgIpc) is 1.37. The molecule has 0 aromatic carbocycles. The maximum absolute atomic E-state index is 6.07. The van der Waals surface area contributed by atoms with Gasteiger partial charge in [-0.1, -0.05) is 0 Å². The Morgan fingerprint density at radius 2 is 2.00 bits per heavy atom. The van der Waals surface area contributed by atoms with E-state index in [9.17, 15) is 0 Å². The summed E-state index contributed by atoms with van der Waals surface area (Å²) in [7, 11) is 0. The minimum atomic E-state index is 0.523. The van der Waals surface area contributed by atoms with Crippen molar-refractivity contribution in [2.45, 2.75) is 0 Å². The van der Waals surface area contributed by atoms with Gasteiger partial charge in [0.1, 0.15) is 0 Å². The lowest BCUT2D eigenvalue weighted by Crippen LogP contribution is -1.24. The van der Waals surface area contributed by atoms with Crippen molar-refractivity contribution in [3.05, 3.63) is 0 Å². The van der Waals surface area contributed by atoms with Crippen LogP contribution in [0.25, 0.3) is 0 Å². The van der Waals surface area contributed by atoms with Crippen LogP contribution in [0.5, 0.6) is 0 Å². The van der Waals surface area contributed by atoms with Crippen molar-refractivity contribution in [3.63, 3.8) is 0 Å². The minimum Gasteiger partial charge on any atom is -0.248 e. The molecule has 0 atom stereocenters. The Morgan fingerprint density at radius 1 is 1.75 bits per heavy atom. The van der Waals surface area contributed by atoms with Crippen LogP contribution in [0.4, 0.5) is 0 Å². The van der Waals surface area contributed by atoms with E-state index in [1.165, 1.54) is 0 Å². The van der Waals surface area contributed by atoms with Gasteiger partial charge >= 0.3 is 0 Å². The highest BCUT2D eigenvalue weighted by molar-refractivity contribution is 7.65. The first-order valence-electron chi connectivity index (χ1n) is 0.658. The Bertz CT molecular complexity index is 56.1. The van der Waals surface area contributed by atoms with Gasteiger partial charge < -0.3 is 0 Å². The first-order valence-corrected chi connectivity index (χ1v) is 1.47. The average molecular weight is 74.1 g/mol. The molecule has 0 rings (SSSR count). The molecule has 0 aliphatic carbocycles. The van der Waals surface area contributed by atoms with Crippen LogP contribution in [-0.4, -0.2) is 5.16 Å². The number of isothiocyanates is 1. The predicted molar refractivity (Wildman–Crippen MR) is 17.8 cm³/mol. The molecular formula is CH2N2S. The van der Waals surface area contributed by atoms with Crippen LogP contribution in [0.2, 0.25) is 0 Å². The summed E-state index contributed by atoms with van der Waals surface area (Å²) < 4.78 is 6.07. The number of hydrogen-bond acceptors (Lipinski definition) is 2. The highest BCUT2D eigenvalue weighted by Gasteiger charge is 1.12. The SMILES string of the molecule is N=C=S=N. The number of rotatable bonds is 0. The fourth-order valence-corrected chi connectivity index (χ4v) is 0. The Labute approximate surface area is 27.5 Å². The molecule has 0 unspecified atom stereocenters. The first kappa shape index (κ1) is 3.60. The van der Waals surface area contributed by atoms with Gasteiger partial charge in [-0.15, -0.1) is 0 Å². The van der Waals surface area contributed by atoms with Crippen molar-refractivity contribution in [1.82, 2.24) is 0 Å². The van der Waals surface area contributed by atoms with Crippen molar-refractivity contribution in [3.8, 4) is 0 Å². The van der Waals surface area contributed by atoms with Gasteiger partial charge in [-0.05, 0) is 0 Å². The first-order chi connectivity index (χ1) is 1.91. The maximum Gasteiger partial charge on any atom is 0.0630 e. The van der Waals surface area contributed by atoms with E-state index in [2.05, 4.69) is 0 Å². The van der Waals surface area contributed by atoms with Crippen molar-refractivity contribution < 1.29 is 0 Å². The molecule has 0 aliphatic heterocycles. The predicted octanol–water partition coefficient (Wildman–Crippen LogP) is 0.315. The molecule has 0 aromatic rings. The second kappa shape index (κ2) is 2.60. The van der Waals surface area contributed by atoms with Crippen LogP contribution < -0.4 is 0 Å². The van der Waals surface area contributed by atoms with Gasteiger partial charge in [0, 0.05) is 11.1 Å². The molecule has 0 saturated carbocycles. The molecule has 2 nitrogen and oxygen atoms in total. The zero-order valence-electron chi connectivity index (χ0n) is 1.91. The molecule has 0 bridgehead atoms. The van der Waals surface area contributed by atoms with Crippen LogP contribution in [0, 0.1) is 10.2 Å². The van der Waals surface area contributed by atoms with Gasteiger partial charge in [-0.25, -0.2) is 10.2 Å². The third-order valence-electron chi connectivity index (χ3n) is 0.0510. The van der Waals surface area contributed by atoms with Gasteiger partial charge in [0.25, 0.3) is 0 Å². The lowest BCUT2D eigenvalue weighted by atomic mass is 11.8. The molecule has 0 radical (unpaired) electrons. The van der Waals surface area contributed by atoms with Gasteiger partial charge in [-0.3, -0.25) is 0 Å². The summed E-state index contributed by atoms with van der Waals surface area (Å²) in [6, 6.07) is 0. The summed E-state index contributed by atoms with van der Waals surface area (Å²) in [5.41, 5.74) is 0. The lowest BCUT2D eigenvalue weighted by Gasteiger charge is -1.19. The number of hydrogen-bond donors (Lipinski definition) is 2. The van der Waals surface area contributed by atoms with Crippen molar-refractivity contribution in [1.29, 1.82) is 10.2 Å². The number of nitrogens with one attached hydrogen (secondary N) is 2. The van der Waals surface area contributed by atoms with Crippen molar-refractivity contribution in [2.75, 3.05) is 0 Å². The summed E-state index contributed by atoms with van der Waals surface area (Å²) >= 11 is 0.523. The monoisotopic (exact) mass is 74.0 g/mol. The van der Waals surface area contributed by atoms with Gasteiger partial charge in [0.05, 0.1) is 5.16 Å². The summed E-state index contributed by atoms with van der Waals surface area (Å²) in [6.45, 7) is 0. The van der Waals surface area contributed by atoms with E-state index >= 15 is 0 Å². The summed E-state index contributed by atoms with van der Waals surface area (Å²) in [5.74, 6) is 0. The zero-order valence-corrected chi connectivity index (χ0v) is 2.72. The van der Waals surface area contributed by atoms with E-state index in [4.69, 9.17) is 10.2 Å². The molecule has 0 aromatic heterocycles. The molecule has 2 N–H and O–H groups in total. The molecule has 0 saturated heterocycles. The van der Waals surface area contributed by atoms with Crippen molar-refractivity contribution in [2.24, 2.45) is 0 Å². The summed E-state index contributed by atoms with van der Waals surface area (Å²) in [6.07, 6.45) is 0. The van der Waals surface area contributed by atoms with Crippen LogP contribution in [0.1, 0.15) is 0 Å². The smallest absolute Gasteiger partial charge is 0.0630 e. The maximum atomic E-state index is 6.07. The second-order valence-electron chi connectivity index (χ2n) is 0.204. The molecule has 3 heteroatoms. The van der Waals surface area contributed by atoms with Crippen LogP contribution in [-0.2, 0) is 11.1 Å². The Balaban J connectivity index is 3.95. The molecule has 0 spiro atoms. The normalized spacial score (nSPS) is 4.00. The van der Waals surface area contributed by atoms with Crippen LogP contribution in [0.3, 0.4) is 0 Å². The lowest BCUT2D eigenvalue weighted by molar-refractivity contribution is 1.60. The largest absolute Gasteiger partial charge is 0.248 e. The van der Waals surface area contributed by atoms with E-state index in [0.29, 0.717) is 11.1 Å².